The summed E-state index contributed by atoms with van der Waals surface area (Å²) in [5.74, 6) is -1.22. The zero-order chi connectivity index (χ0) is 48.2. The van der Waals surface area contributed by atoms with Crippen molar-refractivity contribution < 1.29 is 76.9 Å². The van der Waals surface area contributed by atoms with Crippen LogP contribution in [-0.4, -0.2) is 103 Å². The second kappa shape index (κ2) is 38.1. The Labute approximate surface area is 389 Å². The molecule has 0 amide bonds. The van der Waals surface area contributed by atoms with Crippen LogP contribution in [0.25, 0.3) is 0 Å². The summed E-state index contributed by atoms with van der Waals surface area (Å²) >= 11 is 0. The molecule has 1 aliphatic carbocycles. The molecule has 1 saturated carbocycles. The van der Waals surface area contributed by atoms with Gasteiger partial charge in [0.2, 0.25) is 0 Å². The molecule has 0 bridgehead atoms. The van der Waals surface area contributed by atoms with E-state index in [-0.39, 0.29) is 12.8 Å². The molecule has 16 nitrogen and oxygen atoms in total. The van der Waals surface area contributed by atoms with Crippen LogP contribution in [0, 0.1) is 0 Å². The molecule has 0 saturated heterocycles. The summed E-state index contributed by atoms with van der Waals surface area (Å²) in [6.45, 7) is 3.07. The molecular formula is C47H86O16P2. The first-order chi connectivity index (χ1) is 31.1. The fraction of sp³-hybridized carbons (Fsp3) is 0.830. The monoisotopic (exact) mass is 969 g/mol. The van der Waals surface area contributed by atoms with Crippen molar-refractivity contribution in [1.29, 1.82) is 0 Å². The fourth-order valence-corrected chi connectivity index (χ4v) is 8.88. The van der Waals surface area contributed by atoms with Crippen molar-refractivity contribution in [3.63, 3.8) is 0 Å². The molecule has 65 heavy (non-hydrogen) atoms. The second-order valence-electron chi connectivity index (χ2n) is 17.2. The molecule has 0 radical (unpaired) electrons. The van der Waals surface area contributed by atoms with Crippen LogP contribution in [0.3, 0.4) is 0 Å². The maximum atomic E-state index is 13.0. The lowest BCUT2D eigenvalue weighted by molar-refractivity contribution is -0.216. The number of carbonyl (C=O) groups is 2. The Morgan fingerprint density at radius 2 is 0.892 bits per heavy atom. The minimum Gasteiger partial charge on any atom is -0.462 e. The maximum absolute atomic E-state index is 13.0. The Kier molecular flexibility index (Phi) is 35.9. The molecule has 1 rings (SSSR count). The van der Waals surface area contributed by atoms with E-state index in [1.165, 1.54) is 57.8 Å². The molecular weight excluding hydrogens is 882 g/mol. The standard InChI is InChI=1S/C47H86O16P2/c1-3-5-7-9-11-13-15-17-19-20-22-23-25-27-29-31-33-35-40(48)59-37-39(61-41(49)36-34-32-30-28-26-24-21-18-16-14-12-10-8-6-4-2)38-60-65(57,58)63-47-44(52)42(50)43(51)46(45(47)53)62-64(54,55)56/h12,14,17-19,21,39,42-47,50-53H,3-11,13,15-16,20,22-38H2,1-2H3,(H,57,58)(H2,54,55,56)/t39-,42?,43?,44?,45?,46-,47+/m1/s1. The van der Waals surface area contributed by atoms with Gasteiger partial charge in [-0.1, -0.05) is 147 Å². The van der Waals surface area contributed by atoms with Gasteiger partial charge in [-0.2, -0.15) is 0 Å². The van der Waals surface area contributed by atoms with Crippen molar-refractivity contribution in [2.75, 3.05) is 13.2 Å². The number of rotatable bonds is 41. The predicted octanol–water partition coefficient (Wildman–Crippen LogP) is 9.51. The van der Waals surface area contributed by atoms with Gasteiger partial charge in [0.05, 0.1) is 6.61 Å². The van der Waals surface area contributed by atoms with Crippen LogP contribution in [0.15, 0.2) is 36.5 Å². The van der Waals surface area contributed by atoms with Crippen molar-refractivity contribution in [2.24, 2.45) is 0 Å². The molecule has 18 heteroatoms. The van der Waals surface area contributed by atoms with E-state index in [1.54, 1.807) is 0 Å². The summed E-state index contributed by atoms with van der Waals surface area (Å²) in [4.78, 5) is 54.3. The minimum atomic E-state index is -5.37. The third-order valence-electron chi connectivity index (χ3n) is 11.2. The first-order valence-corrected chi connectivity index (χ1v) is 27.6. The Morgan fingerprint density at radius 3 is 1.38 bits per heavy atom. The van der Waals surface area contributed by atoms with Gasteiger partial charge in [0, 0.05) is 12.8 Å². The van der Waals surface area contributed by atoms with E-state index in [0.717, 1.165) is 96.3 Å². The number of allylic oxidation sites excluding steroid dienone is 6. The summed E-state index contributed by atoms with van der Waals surface area (Å²) < 4.78 is 49.4. The van der Waals surface area contributed by atoms with E-state index < -0.39 is 83.5 Å². The highest BCUT2D eigenvalue weighted by Crippen LogP contribution is 2.49. The summed E-state index contributed by atoms with van der Waals surface area (Å²) in [5, 5.41) is 41.2. The number of phosphoric ester groups is 2. The van der Waals surface area contributed by atoms with Crippen LogP contribution in [-0.2, 0) is 41.8 Å². The topological polar surface area (TPSA) is 256 Å². The zero-order valence-electron chi connectivity index (χ0n) is 39.4. The average Bonchev–Trinajstić information content (AvgIpc) is 3.26. The first kappa shape index (κ1) is 61.2. The van der Waals surface area contributed by atoms with E-state index >= 15 is 0 Å². The normalized spacial score (nSPS) is 21.9. The van der Waals surface area contributed by atoms with Crippen molar-refractivity contribution in [2.45, 2.75) is 236 Å². The summed E-state index contributed by atoms with van der Waals surface area (Å²) in [5.41, 5.74) is 0. The summed E-state index contributed by atoms with van der Waals surface area (Å²) in [7, 11) is -10.7. The van der Waals surface area contributed by atoms with Crippen LogP contribution in [0.2, 0.25) is 0 Å². The fourth-order valence-electron chi connectivity index (χ4n) is 7.34. The summed E-state index contributed by atoms with van der Waals surface area (Å²) in [6, 6.07) is 0. The molecule has 5 unspecified atom stereocenters. The van der Waals surface area contributed by atoms with Gasteiger partial charge >= 0.3 is 27.6 Å². The summed E-state index contributed by atoms with van der Waals surface area (Å²) in [6.07, 6.45) is 26.7. The van der Waals surface area contributed by atoms with E-state index in [2.05, 4.69) is 54.8 Å². The lowest BCUT2D eigenvalue weighted by Crippen LogP contribution is -2.64. The molecule has 0 aromatic rings. The number of hydrogen-bond donors (Lipinski definition) is 7. The molecule has 8 atom stereocenters. The third-order valence-corrected chi connectivity index (χ3v) is 12.7. The lowest BCUT2D eigenvalue weighted by atomic mass is 9.85. The number of unbranched alkanes of at least 4 members (excludes halogenated alkanes) is 21. The van der Waals surface area contributed by atoms with Crippen LogP contribution in [0.4, 0.5) is 0 Å². The number of aliphatic hydroxyl groups is 4. The number of aliphatic hydroxyl groups excluding tert-OH is 4. The highest BCUT2D eigenvalue weighted by Gasteiger charge is 2.54. The van der Waals surface area contributed by atoms with Crippen LogP contribution in [0.1, 0.15) is 194 Å². The molecule has 0 heterocycles. The first-order valence-electron chi connectivity index (χ1n) is 24.5. The van der Waals surface area contributed by atoms with Gasteiger partial charge in [0.15, 0.2) is 6.10 Å². The van der Waals surface area contributed by atoms with Crippen LogP contribution >= 0.6 is 15.6 Å². The second-order valence-corrected chi connectivity index (χ2v) is 19.8. The molecule has 7 N–H and O–H groups in total. The van der Waals surface area contributed by atoms with E-state index in [1.807, 2.05) is 0 Å². The molecule has 0 aromatic heterocycles. The minimum absolute atomic E-state index is 0.0276. The molecule has 1 fully saturated rings. The van der Waals surface area contributed by atoms with Crippen molar-refractivity contribution >= 4 is 27.6 Å². The van der Waals surface area contributed by atoms with Crippen molar-refractivity contribution in [3.05, 3.63) is 36.5 Å². The molecule has 0 aromatic carbocycles. The number of carbonyl (C=O) groups excluding carboxylic acids is 2. The van der Waals surface area contributed by atoms with Gasteiger partial charge in [0.1, 0.15) is 43.2 Å². The molecule has 380 valence electrons. The molecule has 0 aliphatic heterocycles. The highest BCUT2D eigenvalue weighted by molar-refractivity contribution is 7.47. The van der Waals surface area contributed by atoms with Gasteiger partial charge in [0.25, 0.3) is 0 Å². The average molecular weight is 969 g/mol. The SMILES string of the molecule is CCCCCC=CCC=CCCCCCCCC(=O)O[C@H](COC(=O)CCCCCCCCCC=CCCCCCCCC)COP(=O)(O)O[C@H]1C(O)C(O)C(O)[C@@H](OP(=O)(O)O)C1O. The lowest BCUT2D eigenvalue weighted by Gasteiger charge is -2.43. The predicted molar refractivity (Wildman–Crippen MR) is 250 cm³/mol. The number of esters is 2. The van der Waals surface area contributed by atoms with Crippen LogP contribution < -0.4 is 0 Å². The van der Waals surface area contributed by atoms with Gasteiger partial charge in [-0.3, -0.25) is 23.2 Å². The van der Waals surface area contributed by atoms with E-state index in [0.29, 0.717) is 12.8 Å². The largest absolute Gasteiger partial charge is 0.472 e. The molecule has 1 aliphatic rings. The van der Waals surface area contributed by atoms with Gasteiger partial charge in [-0.25, -0.2) is 9.13 Å². The van der Waals surface area contributed by atoms with Crippen molar-refractivity contribution in [1.82, 2.24) is 0 Å². The zero-order valence-corrected chi connectivity index (χ0v) is 41.2. The Hall–Kier alpha value is -1.78. The Morgan fingerprint density at radius 1 is 0.492 bits per heavy atom. The number of phosphoric acid groups is 2. The van der Waals surface area contributed by atoms with Crippen molar-refractivity contribution in [3.8, 4) is 0 Å². The smallest absolute Gasteiger partial charge is 0.462 e. The molecule has 0 spiro atoms. The quantitative estimate of drug-likeness (QED) is 0.0130. The van der Waals surface area contributed by atoms with E-state index in [9.17, 15) is 53.8 Å². The maximum Gasteiger partial charge on any atom is 0.472 e. The van der Waals surface area contributed by atoms with E-state index in [4.69, 9.17) is 18.5 Å². The number of ether oxygens (including phenoxy) is 2. The number of hydrogen-bond acceptors (Lipinski definition) is 13. The Bertz CT molecular complexity index is 1400. The van der Waals surface area contributed by atoms with Gasteiger partial charge in [-0.15, -0.1) is 0 Å². The van der Waals surface area contributed by atoms with Crippen LogP contribution in [0.5, 0.6) is 0 Å². The highest BCUT2D eigenvalue weighted by atomic mass is 31.2. The third kappa shape index (κ3) is 32.6. The van der Waals surface area contributed by atoms with Gasteiger partial charge in [-0.05, 0) is 70.6 Å². The Balaban J connectivity index is 2.58. The van der Waals surface area contributed by atoms with Gasteiger partial charge < -0.3 is 44.6 Å².